The summed E-state index contributed by atoms with van der Waals surface area (Å²) in [6.07, 6.45) is 4.91. The molecular formula is C18H28N2O. The van der Waals surface area contributed by atoms with Crippen LogP contribution in [-0.4, -0.2) is 37.5 Å². The van der Waals surface area contributed by atoms with E-state index in [1.165, 1.54) is 24.8 Å². The molecule has 1 fully saturated rings. The van der Waals surface area contributed by atoms with Gasteiger partial charge in [0.25, 0.3) is 5.91 Å². The van der Waals surface area contributed by atoms with Gasteiger partial charge in [-0.15, -0.1) is 0 Å². The molecule has 1 atom stereocenters. The monoisotopic (exact) mass is 288 g/mol. The summed E-state index contributed by atoms with van der Waals surface area (Å²) in [5.41, 5.74) is 2.42. The molecule has 1 saturated carbocycles. The summed E-state index contributed by atoms with van der Waals surface area (Å²) in [6.45, 7) is 5.69. The number of carbonyl (C=O) groups excluding carboxylic acids is 1. The average molecular weight is 288 g/mol. The molecule has 21 heavy (non-hydrogen) atoms. The Morgan fingerprint density at radius 1 is 1.38 bits per heavy atom. The fraction of sp³-hybridized carbons (Fsp3) is 0.611. The van der Waals surface area contributed by atoms with E-state index in [4.69, 9.17) is 0 Å². The van der Waals surface area contributed by atoms with Crippen LogP contribution < -0.4 is 5.32 Å². The van der Waals surface area contributed by atoms with E-state index in [1.807, 2.05) is 18.2 Å². The molecule has 116 valence electrons. The van der Waals surface area contributed by atoms with E-state index in [2.05, 4.69) is 25.2 Å². The van der Waals surface area contributed by atoms with Crippen molar-refractivity contribution in [2.24, 2.45) is 5.41 Å². The maximum Gasteiger partial charge on any atom is 0.253 e. The molecule has 0 aromatic heterocycles. The Kier molecular flexibility index (Phi) is 5.04. The third-order valence-corrected chi connectivity index (χ3v) is 4.64. The van der Waals surface area contributed by atoms with Gasteiger partial charge in [0, 0.05) is 25.7 Å². The molecule has 0 heterocycles. The number of nitrogens with zero attached hydrogens (tertiary/aromatic N) is 1. The minimum atomic E-state index is 0.0711. The van der Waals surface area contributed by atoms with Gasteiger partial charge < -0.3 is 10.2 Å². The first-order valence-corrected chi connectivity index (χ1v) is 7.94. The van der Waals surface area contributed by atoms with Crippen LogP contribution >= 0.6 is 0 Å². The predicted molar refractivity (Wildman–Crippen MR) is 87.6 cm³/mol. The lowest BCUT2D eigenvalue weighted by molar-refractivity contribution is 0.0827. The fourth-order valence-corrected chi connectivity index (χ4v) is 3.21. The zero-order valence-electron chi connectivity index (χ0n) is 13.8. The molecule has 1 aliphatic carbocycles. The van der Waals surface area contributed by atoms with Gasteiger partial charge in [0.05, 0.1) is 0 Å². The van der Waals surface area contributed by atoms with Crippen molar-refractivity contribution in [1.29, 1.82) is 0 Å². The van der Waals surface area contributed by atoms with Gasteiger partial charge in [-0.3, -0.25) is 4.79 Å². The largest absolute Gasteiger partial charge is 0.345 e. The van der Waals surface area contributed by atoms with Crippen molar-refractivity contribution in [1.82, 2.24) is 10.2 Å². The maximum atomic E-state index is 12.0. The molecule has 1 amide bonds. The third-order valence-electron chi connectivity index (χ3n) is 4.64. The van der Waals surface area contributed by atoms with Crippen LogP contribution in [0.4, 0.5) is 0 Å². The van der Waals surface area contributed by atoms with Gasteiger partial charge in [-0.2, -0.15) is 0 Å². The number of nitrogens with one attached hydrogen (secondary N) is 1. The van der Waals surface area contributed by atoms with E-state index in [9.17, 15) is 4.79 Å². The average Bonchev–Trinajstić information content (AvgIpc) is 2.77. The van der Waals surface area contributed by atoms with Crippen LogP contribution in [-0.2, 0) is 6.42 Å². The second-order valence-corrected chi connectivity index (χ2v) is 7.04. The van der Waals surface area contributed by atoms with Crippen molar-refractivity contribution in [2.45, 2.75) is 45.6 Å². The van der Waals surface area contributed by atoms with E-state index < -0.39 is 0 Å². The fourth-order valence-electron chi connectivity index (χ4n) is 3.21. The van der Waals surface area contributed by atoms with Gasteiger partial charge in [-0.25, -0.2) is 0 Å². The molecular weight excluding hydrogens is 260 g/mol. The summed E-state index contributed by atoms with van der Waals surface area (Å²) in [5, 5.41) is 3.70. The molecule has 0 radical (unpaired) electrons. The van der Waals surface area contributed by atoms with Crippen LogP contribution in [0, 0.1) is 5.41 Å². The predicted octanol–water partition coefficient (Wildman–Crippen LogP) is 3.10. The molecule has 3 heteroatoms. The van der Waals surface area contributed by atoms with Crippen molar-refractivity contribution < 1.29 is 4.79 Å². The molecule has 0 unspecified atom stereocenters. The topological polar surface area (TPSA) is 32.3 Å². The van der Waals surface area contributed by atoms with E-state index >= 15 is 0 Å². The van der Waals surface area contributed by atoms with E-state index in [0.29, 0.717) is 11.5 Å². The van der Waals surface area contributed by atoms with Crippen LogP contribution in [0.25, 0.3) is 0 Å². The van der Waals surface area contributed by atoms with Gasteiger partial charge in [0.2, 0.25) is 0 Å². The third kappa shape index (κ3) is 4.07. The van der Waals surface area contributed by atoms with Crippen LogP contribution in [0.1, 0.15) is 49.0 Å². The molecule has 1 aromatic rings. The van der Waals surface area contributed by atoms with Crippen LogP contribution in [0.15, 0.2) is 24.3 Å². The quantitative estimate of drug-likeness (QED) is 0.903. The lowest BCUT2D eigenvalue weighted by atomic mass is 9.87. The normalized spacial score (nSPS) is 20.5. The standard InChI is InChI=1S/C18H28N2O/c1-18(2)11-6-9-16(18)19-12-10-14-7-5-8-15(13-14)17(21)20(3)4/h5,7-8,13,16,19H,6,9-12H2,1-4H3/t16-/m1/s1. The number of rotatable bonds is 5. The molecule has 0 spiro atoms. The van der Waals surface area contributed by atoms with E-state index in [1.54, 1.807) is 19.0 Å². The van der Waals surface area contributed by atoms with Gasteiger partial charge in [-0.05, 0) is 48.9 Å². The van der Waals surface area contributed by atoms with Crippen molar-refractivity contribution in [2.75, 3.05) is 20.6 Å². The molecule has 0 bridgehead atoms. The van der Waals surface area contributed by atoms with Gasteiger partial charge in [-0.1, -0.05) is 32.4 Å². The van der Waals surface area contributed by atoms with Crippen LogP contribution in [0.2, 0.25) is 0 Å². The number of amides is 1. The first-order chi connectivity index (χ1) is 9.90. The first kappa shape index (κ1) is 16.0. The lowest BCUT2D eigenvalue weighted by Gasteiger charge is -2.28. The van der Waals surface area contributed by atoms with Crippen molar-refractivity contribution in [3.05, 3.63) is 35.4 Å². The number of hydrogen-bond donors (Lipinski definition) is 1. The van der Waals surface area contributed by atoms with Gasteiger partial charge >= 0.3 is 0 Å². The van der Waals surface area contributed by atoms with Gasteiger partial charge in [0.1, 0.15) is 0 Å². The number of carbonyl (C=O) groups is 1. The molecule has 0 saturated heterocycles. The van der Waals surface area contributed by atoms with Crippen molar-refractivity contribution in [3.8, 4) is 0 Å². The molecule has 3 nitrogen and oxygen atoms in total. The Hall–Kier alpha value is -1.35. The molecule has 0 aliphatic heterocycles. The van der Waals surface area contributed by atoms with Crippen LogP contribution in [0.5, 0.6) is 0 Å². The highest BCUT2D eigenvalue weighted by atomic mass is 16.2. The second kappa shape index (κ2) is 6.61. The Labute approximate surface area is 128 Å². The summed E-state index contributed by atoms with van der Waals surface area (Å²) >= 11 is 0. The van der Waals surface area contributed by atoms with Crippen molar-refractivity contribution >= 4 is 5.91 Å². The summed E-state index contributed by atoms with van der Waals surface area (Å²) in [4.78, 5) is 13.6. The number of hydrogen-bond acceptors (Lipinski definition) is 2. The van der Waals surface area contributed by atoms with Crippen molar-refractivity contribution in [3.63, 3.8) is 0 Å². The Morgan fingerprint density at radius 3 is 2.76 bits per heavy atom. The first-order valence-electron chi connectivity index (χ1n) is 7.94. The minimum Gasteiger partial charge on any atom is -0.345 e. The molecule has 2 rings (SSSR count). The summed E-state index contributed by atoms with van der Waals surface area (Å²) < 4.78 is 0. The second-order valence-electron chi connectivity index (χ2n) is 7.04. The highest BCUT2D eigenvalue weighted by Gasteiger charge is 2.33. The highest BCUT2D eigenvalue weighted by Crippen LogP contribution is 2.37. The molecule has 1 aromatic carbocycles. The molecule has 1 N–H and O–H groups in total. The summed E-state index contributed by atoms with van der Waals surface area (Å²) in [6, 6.07) is 8.62. The van der Waals surface area contributed by atoms with Gasteiger partial charge in [0.15, 0.2) is 0 Å². The van der Waals surface area contributed by atoms with E-state index in [0.717, 1.165) is 18.5 Å². The van der Waals surface area contributed by atoms with E-state index in [-0.39, 0.29) is 5.91 Å². The Bertz CT molecular complexity index is 494. The lowest BCUT2D eigenvalue weighted by Crippen LogP contribution is -2.38. The SMILES string of the molecule is CN(C)C(=O)c1cccc(CCN[C@@H]2CCCC2(C)C)c1. The Balaban J connectivity index is 1.89. The smallest absolute Gasteiger partial charge is 0.253 e. The molecule has 1 aliphatic rings. The summed E-state index contributed by atoms with van der Waals surface area (Å²) in [7, 11) is 3.58. The highest BCUT2D eigenvalue weighted by molar-refractivity contribution is 5.94. The van der Waals surface area contributed by atoms with Crippen LogP contribution in [0.3, 0.4) is 0 Å². The Morgan fingerprint density at radius 2 is 2.14 bits per heavy atom. The minimum absolute atomic E-state index is 0.0711. The number of benzene rings is 1. The zero-order valence-corrected chi connectivity index (χ0v) is 13.8. The summed E-state index contributed by atoms with van der Waals surface area (Å²) in [5.74, 6) is 0.0711. The zero-order chi connectivity index (χ0) is 15.5. The maximum absolute atomic E-state index is 12.0.